The molecule has 0 spiro atoms. The molecule has 0 saturated carbocycles. The van der Waals surface area contributed by atoms with Crippen LogP contribution in [-0.4, -0.2) is 46.4 Å². The first-order valence-electron chi connectivity index (χ1n) is 9.90. The average molecular weight is 444 g/mol. The molecule has 2 aromatic carbocycles. The molecule has 3 aromatic rings. The smallest absolute Gasteiger partial charge is 0.307 e. The minimum absolute atomic E-state index is 0.391. The first kappa shape index (κ1) is 22.4. The maximum Gasteiger partial charge on any atom is 0.307 e. The molecule has 3 N–H and O–H groups in total. The summed E-state index contributed by atoms with van der Waals surface area (Å²) in [5, 5.41) is 23.9. The molecule has 0 fully saturated rings. The van der Waals surface area contributed by atoms with Crippen LogP contribution < -0.4 is 4.72 Å². The van der Waals surface area contributed by atoms with Gasteiger partial charge in [-0.2, -0.15) is 5.21 Å². The van der Waals surface area contributed by atoms with E-state index in [1.165, 1.54) is 0 Å². The second kappa shape index (κ2) is 9.69. The minimum Gasteiger partial charge on any atom is -0.481 e. The maximum absolute atomic E-state index is 11.9. The van der Waals surface area contributed by atoms with Crippen molar-refractivity contribution in [2.45, 2.75) is 32.1 Å². The van der Waals surface area contributed by atoms with Crippen molar-refractivity contribution in [3.8, 4) is 11.1 Å². The van der Waals surface area contributed by atoms with E-state index < -0.39 is 27.8 Å². The number of benzene rings is 2. The lowest BCUT2D eigenvalue weighted by atomic mass is 9.83. The van der Waals surface area contributed by atoms with Crippen molar-refractivity contribution in [3.63, 3.8) is 0 Å². The minimum atomic E-state index is -3.33. The maximum atomic E-state index is 11.9. The highest BCUT2D eigenvalue weighted by Crippen LogP contribution is 2.31. The zero-order valence-electron chi connectivity index (χ0n) is 17.3. The van der Waals surface area contributed by atoms with Gasteiger partial charge in [0, 0.05) is 11.6 Å². The van der Waals surface area contributed by atoms with Crippen LogP contribution in [0.25, 0.3) is 11.1 Å². The molecule has 2 atom stereocenters. The van der Waals surface area contributed by atoms with E-state index in [1.54, 1.807) is 12.1 Å². The highest BCUT2D eigenvalue weighted by Gasteiger charge is 2.32. The third-order valence-corrected chi connectivity index (χ3v) is 5.61. The summed E-state index contributed by atoms with van der Waals surface area (Å²) in [6.45, 7) is 1.95. The van der Waals surface area contributed by atoms with E-state index in [-0.39, 0.29) is 0 Å². The highest BCUT2D eigenvalue weighted by molar-refractivity contribution is 7.92. The lowest BCUT2D eigenvalue weighted by Gasteiger charge is -2.21. The summed E-state index contributed by atoms with van der Waals surface area (Å²) in [6, 6.07) is 14.9. The zero-order chi connectivity index (χ0) is 22.4. The Balaban J connectivity index is 1.86. The number of carboxylic acids is 1. The Kier molecular flexibility index (Phi) is 7.01. The van der Waals surface area contributed by atoms with Crippen LogP contribution in [0.5, 0.6) is 0 Å². The van der Waals surface area contributed by atoms with Crippen molar-refractivity contribution in [3.05, 3.63) is 59.9 Å². The van der Waals surface area contributed by atoms with Gasteiger partial charge in [0.2, 0.25) is 10.0 Å². The predicted octanol–water partition coefficient (Wildman–Crippen LogP) is 3.07. The first-order valence-corrected chi connectivity index (χ1v) is 11.8. The molecule has 0 unspecified atom stereocenters. The Morgan fingerprint density at radius 3 is 2.48 bits per heavy atom. The van der Waals surface area contributed by atoms with E-state index in [4.69, 9.17) is 0 Å². The van der Waals surface area contributed by atoms with Crippen LogP contribution in [0.1, 0.15) is 37.1 Å². The summed E-state index contributed by atoms with van der Waals surface area (Å²) in [4.78, 5) is 11.9. The van der Waals surface area contributed by atoms with Crippen molar-refractivity contribution in [2.24, 2.45) is 5.92 Å². The molecule has 0 amide bonds. The molecular weight excluding hydrogens is 418 g/mol. The summed E-state index contributed by atoms with van der Waals surface area (Å²) < 4.78 is 25.2. The zero-order valence-corrected chi connectivity index (χ0v) is 18.1. The Bertz CT molecular complexity index is 1110. The first-order chi connectivity index (χ1) is 14.8. The number of carbonyl (C=O) groups is 1. The highest BCUT2D eigenvalue weighted by atomic mass is 32.2. The third kappa shape index (κ3) is 6.11. The number of anilines is 1. The van der Waals surface area contributed by atoms with Crippen LogP contribution in [-0.2, 0) is 21.2 Å². The van der Waals surface area contributed by atoms with E-state index >= 15 is 0 Å². The number of H-pyrrole nitrogens is 1. The molecule has 3 rings (SSSR count). The monoisotopic (exact) mass is 443 g/mol. The summed E-state index contributed by atoms with van der Waals surface area (Å²) in [5.74, 6) is -1.51. The summed E-state index contributed by atoms with van der Waals surface area (Å²) >= 11 is 0. The number of rotatable bonds is 10. The molecule has 0 aliphatic heterocycles. The number of sulfonamides is 1. The van der Waals surface area contributed by atoms with Crippen molar-refractivity contribution in [1.29, 1.82) is 0 Å². The van der Waals surface area contributed by atoms with E-state index in [2.05, 4.69) is 25.3 Å². The molecule has 9 nitrogen and oxygen atoms in total. The molecule has 1 heterocycles. The van der Waals surface area contributed by atoms with Gasteiger partial charge in [0.05, 0.1) is 12.2 Å². The number of carboxylic acid groups (broad SMARTS) is 1. The van der Waals surface area contributed by atoms with Crippen LogP contribution in [0.3, 0.4) is 0 Å². The summed E-state index contributed by atoms with van der Waals surface area (Å²) in [5.41, 5.74) is 3.30. The number of nitrogens with zero attached hydrogens (tertiary/aromatic N) is 3. The number of nitrogens with one attached hydrogen (secondary N) is 2. The predicted molar refractivity (Wildman–Crippen MR) is 117 cm³/mol. The van der Waals surface area contributed by atoms with Crippen molar-refractivity contribution in [2.75, 3.05) is 11.0 Å². The molecule has 31 heavy (non-hydrogen) atoms. The van der Waals surface area contributed by atoms with E-state index in [0.717, 1.165) is 29.4 Å². The number of aromatic amines is 1. The molecule has 0 aliphatic carbocycles. The largest absolute Gasteiger partial charge is 0.481 e. The van der Waals surface area contributed by atoms with Crippen LogP contribution in [0, 0.1) is 5.92 Å². The fourth-order valence-electron chi connectivity index (χ4n) is 3.62. The molecule has 0 bridgehead atoms. The van der Waals surface area contributed by atoms with Gasteiger partial charge in [0.25, 0.3) is 0 Å². The van der Waals surface area contributed by atoms with Crippen LogP contribution in [0.2, 0.25) is 0 Å². The fourth-order valence-corrected chi connectivity index (χ4v) is 4.19. The molecule has 164 valence electrons. The van der Waals surface area contributed by atoms with Gasteiger partial charge >= 0.3 is 5.97 Å². The van der Waals surface area contributed by atoms with Crippen molar-refractivity contribution >= 4 is 21.7 Å². The van der Waals surface area contributed by atoms with Crippen molar-refractivity contribution in [1.82, 2.24) is 20.6 Å². The lowest BCUT2D eigenvalue weighted by molar-refractivity contribution is -0.142. The van der Waals surface area contributed by atoms with Gasteiger partial charge in [-0.1, -0.05) is 55.0 Å². The second-order valence-electron chi connectivity index (χ2n) is 7.47. The standard InChI is InChI=1S/C21H25N5O4S/c1-3-5-18(21(27)28)19(20-22-25-26-23-20)13-14-6-4-7-16(12-14)15-8-10-17(11-9-15)24-31(2,29)30/h4,6-12,18-19,24H,3,5,13H2,1-2H3,(H,27,28)(H,22,23,25,26)/t18-,19-/m0/s1. The van der Waals surface area contributed by atoms with E-state index in [9.17, 15) is 18.3 Å². The van der Waals surface area contributed by atoms with E-state index in [1.807, 2.05) is 43.3 Å². The molecule has 0 saturated heterocycles. The number of hydrogen-bond donors (Lipinski definition) is 3. The van der Waals surface area contributed by atoms with Gasteiger partial charge in [-0.15, -0.1) is 10.2 Å². The summed E-state index contributed by atoms with van der Waals surface area (Å²) in [7, 11) is -3.33. The molecule has 0 aliphatic rings. The fraction of sp³-hybridized carbons (Fsp3) is 0.333. The van der Waals surface area contributed by atoms with Crippen LogP contribution >= 0.6 is 0 Å². The molecular formula is C21H25N5O4S. The van der Waals surface area contributed by atoms with Gasteiger partial charge < -0.3 is 5.11 Å². The molecule has 1 aromatic heterocycles. The van der Waals surface area contributed by atoms with Crippen molar-refractivity contribution < 1.29 is 18.3 Å². The number of tetrazole rings is 1. The number of aliphatic carboxylic acids is 1. The quantitative estimate of drug-likeness (QED) is 0.438. The van der Waals surface area contributed by atoms with Gasteiger partial charge in [-0.3, -0.25) is 9.52 Å². The number of hydrogen-bond acceptors (Lipinski definition) is 6. The molecule has 0 radical (unpaired) electrons. The van der Waals surface area contributed by atoms with Gasteiger partial charge in [-0.25, -0.2) is 8.42 Å². The Labute approximate surface area is 181 Å². The van der Waals surface area contributed by atoms with Gasteiger partial charge in [-0.05, 0) is 41.7 Å². The van der Waals surface area contributed by atoms with Gasteiger partial charge in [0.1, 0.15) is 0 Å². The Morgan fingerprint density at radius 2 is 1.90 bits per heavy atom. The number of aromatic nitrogens is 4. The second-order valence-corrected chi connectivity index (χ2v) is 9.21. The lowest BCUT2D eigenvalue weighted by Crippen LogP contribution is -2.25. The van der Waals surface area contributed by atoms with E-state index in [0.29, 0.717) is 24.4 Å². The third-order valence-electron chi connectivity index (χ3n) is 5.00. The normalized spacial score (nSPS) is 13.5. The van der Waals surface area contributed by atoms with Gasteiger partial charge in [0.15, 0.2) is 5.82 Å². The van der Waals surface area contributed by atoms with Crippen LogP contribution in [0.4, 0.5) is 5.69 Å². The Hall–Kier alpha value is -3.27. The van der Waals surface area contributed by atoms with Crippen LogP contribution in [0.15, 0.2) is 48.5 Å². The topological polar surface area (TPSA) is 138 Å². The summed E-state index contributed by atoms with van der Waals surface area (Å²) in [6.07, 6.45) is 2.81. The SMILES string of the molecule is CCC[C@H](C(=O)O)[C@H](Cc1cccc(-c2ccc(NS(C)(=O)=O)cc2)c1)c1nn[nH]n1. The molecule has 10 heteroatoms. The average Bonchev–Trinajstić information content (AvgIpc) is 3.24. The Morgan fingerprint density at radius 1 is 1.16 bits per heavy atom.